The van der Waals surface area contributed by atoms with Gasteiger partial charge >= 0.3 is 0 Å². The first kappa shape index (κ1) is 14.1. The van der Waals surface area contributed by atoms with Crippen molar-refractivity contribution in [2.45, 2.75) is 25.8 Å². The van der Waals surface area contributed by atoms with Gasteiger partial charge in [0.25, 0.3) is 0 Å². The number of benzene rings is 1. The van der Waals surface area contributed by atoms with E-state index in [-0.39, 0.29) is 6.04 Å². The number of nitrogens with one attached hydrogen (secondary N) is 1. The van der Waals surface area contributed by atoms with Crippen LogP contribution in [-0.2, 0) is 0 Å². The predicted octanol–water partition coefficient (Wildman–Crippen LogP) is 2.76. The summed E-state index contributed by atoms with van der Waals surface area (Å²) in [6.07, 6.45) is 3.67. The zero-order valence-electron chi connectivity index (χ0n) is 11.9. The molecule has 0 aliphatic carbocycles. The molecule has 21 heavy (non-hydrogen) atoms. The van der Waals surface area contributed by atoms with E-state index in [0.29, 0.717) is 5.92 Å². The number of pyridine rings is 1. The molecule has 3 rings (SSSR count). The number of fused-ring (bicyclic) bond motifs is 1. The lowest BCUT2D eigenvalue weighted by atomic mass is 9.97. The zero-order valence-corrected chi connectivity index (χ0v) is 12.8. The van der Waals surface area contributed by atoms with Gasteiger partial charge in [-0.2, -0.15) is 0 Å². The maximum Gasteiger partial charge on any atom is 0.0844 e. The molecule has 0 saturated heterocycles. The maximum atomic E-state index is 5.84. The summed E-state index contributed by atoms with van der Waals surface area (Å²) < 4.78 is 4.10. The molecule has 0 amide bonds. The van der Waals surface area contributed by atoms with Crippen LogP contribution in [0.4, 0.5) is 0 Å². The highest BCUT2D eigenvalue weighted by molar-refractivity contribution is 7.05. The van der Waals surface area contributed by atoms with Gasteiger partial charge in [0.1, 0.15) is 0 Å². The first-order chi connectivity index (χ1) is 10.2. The Kier molecular flexibility index (Phi) is 3.92. The van der Waals surface area contributed by atoms with Crippen molar-refractivity contribution < 1.29 is 0 Å². The molecule has 0 bridgehead atoms. The molecule has 0 aliphatic heterocycles. The van der Waals surface area contributed by atoms with E-state index < -0.39 is 0 Å². The van der Waals surface area contributed by atoms with Crippen LogP contribution in [0.25, 0.3) is 10.8 Å². The Morgan fingerprint density at radius 3 is 2.86 bits per heavy atom. The van der Waals surface area contributed by atoms with Crippen LogP contribution in [0.5, 0.6) is 0 Å². The lowest BCUT2D eigenvalue weighted by Gasteiger charge is -2.18. The molecular formula is C15H17N5S. The van der Waals surface area contributed by atoms with Crippen molar-refractivity contribution in [3.05, 3.63) is 52.8 Å². The van der Waals surface area contributed by atoms with Gasteiger partial charge in [-0.1, -0.05) is 36.5 Å². The largest absolute Gasteiger partial charge is 0.271 e. The number of hydrazine groups is 1. The Morgan fingerprint density at radius 2 is 2.10 bits per heavy atom. The molecule has 2 heterocycles. The highest BCUT2D eigenvalue weighted by atomic mass is 32.1. The number of nitrogens with two attached hydrogens (primary N) is 1. The molecule has 1 aromatic carbocycles. The third-order valence-electron chi connectivity index (χ3n) is 3.54. The monoisotopic (exact) mass is 299 g/mol. The molecule has 6 heteroatoms. The summed E-state index contributed by atoms with van der Waals surface area (Å²) in [5.41, 5.74) is 4.99. The first-order valence-electron chi connectivity index (χ1n) is 6.83. The molecule has 1 unspecified atom stereocenters. The van der Waals surface area contributed by atoms with Gasteiger partial charge < -0.3 is 0 Å². The summed E-state index contributed by atoms with van der Waals surface area (Å²) in [5.74, 6) is 6.14. The molecule has 1 atom stereocenters. The quantitative estimate of drug-likeness (QED) is 0.572. The van der Waals surface area contributed by atoms with E-state index in [4.69, 9.17) is 5.84 Å². The minimum Gasteiger partial charge on any atom is -0.271 e. The number of hydrogen-bond donors (Lipinski definition) is 2. The number of rotatable bonds is 4. The van der Waals surface area contributed by atoms with Gasteiger partial charge in [-0.3, -0.25) is 10.8 Å². The molecule has 0 spiro atoms. The normalized spacial score (nSPS) is 13.0. The second-order valence-corrected chi connectivity index (χ2v) is 6.01. The average Bonchev–Trinajstić information content (AvgIpc) is 2.98. The molecule has 3 N–H and O–H groups in total. The van der Waals surface area contributed by atoms with Crippen LogP contribution in [-0.4, -0.2) is 14.6 Å². The summed E-state index contributed by atoms with van der Waals surface area (Å²) in [5, 5.41) is 6.48. The molecule has 0 saturated carbocycles. The Balaban J connectivity index is 2.17. The van der Waals surface area contributed by atoms with Crippen LogP contribution >= 0.6 is 11.5 Å². The minimum absolute atomic E-state index is 0.129. The van der Waals surface area contributed by atoms with Gasteiger partial charge in [-0.15, -0.1) is 5.10 Å². The number of nitrogens with zero attached hydrogens (tertiary/aromatic N) is 3. The Morgan fingerprint density at radius 1 is 1.24 bits per heavy atom. The van der Waals surface area contributed by atoms with Crippen LogP contribution in [0.15, 0.2) is 36.7 Å². The second kappa shape index (κ2) is 5.85. The molecule has 0 fully saturated rings. The SMILES string of the molecule is CC(C)c1nnsc1C(NN)c1cccc2ccncc12. The molecule has 3 aromatic rings. The van der Waals surface area contributed by atoms with Crippen LogP contribution < -0.4 is 11.3 Å². The second-order valence-electron chi connectivity index (χ2n) is 5.22. The Bertz CT molecular complexity index is 747. The van der Waals surface area contributed by atoms with Gasteiger partial charge in [-0.05, 0) is 34.5 Å². The van der Waals surface area contributed by atoms with E-state index in [2.05, 4.69) is 46.0 Å². The third kappa shape index (κ3) is 2.53. The van der Waals surface area contributed by atoms with Gasteiger partial charge in [0, 0.05) is 17.8 Å². The predicted molar refractivity (Wildman–Crippen MR) is 84.9 cm³/mol. The minimum atomic E-state index is -0.129. The fraction of sp³-hybridized carbons (Fsp3) is 0.267. The van der Waals surface area contributed by atoms with E-state index in [1.807, 2.05) is 18.3 Å². The summed E-state index contributed by atoms with van der Waals surface area (Å²) in [7, 11) is 0. The average molecular weight is 299 g/mol. The van der Waals surface area contributed by atoms with Crippen molar-refractivity contribution in [2.24, 2.45) is 5.84 Å². The van der Waals surface area contributed by atoms with Crippen molar-refractivity contribution in [2.75, 3.05) is 0 Å². The third-order valence-corrected chi connectivity index (χ3v) is 4.35. The molecular weight excluding hydrogens is 282 g/mol. The first-order valence-corrected chi connectivity index (χ1v) is 7.60. The van der Waals surface area contributed by atoms with E-state index in [9.17, 15) is 0 Å². The molecule has 108 valence electrons. The summed E-state index contributed by atoms with van der Waals surface area (Å²) in [6, 6.07) is 8.04. The van der Waals surface area contributed by atoms with Gasteiger partial charge in [0.05, 0.1) is 16.6 Å². The molecule has 0 aliphatic rings. The van der Waals surface area contributed by atoms with Crippen LogP contribution in [0.2, 0.25) is 0 Å². The topological polar surface area (TPSA) is 76.7 Å². The fourth-order valence-electron chi connectivity index (χ4n) is 2.50. The highest BCUT2D eigenvalue weighted by Crippen LogP contribution is 2.33. The van der Waals surface area contributed by atoms with Crippen LogP contribution in [0.1, 0.15) is 41.9 Å². The molecule has 5 nitrogen and oxygen atoms in total. The van der Waals surface area contributed by atoms with Gasteiger partial charge in [-0.25, -0.2) is 5.43 Å². The van der Waals surface area contributed by atoms with E-state index in [0.717, 1.165) is 26.9 Å². The van der Waals surface area contributed by atoms with Crippen molar-refractivity contribution in [1.29, 1.82) is 0 Å². The number of hydrogen-bond acceptors (Lipinski definition) is 6. The Hall–Kier alpha value is -1.89. The summed E-state index contributed by atoms with van der Waals surface area (Å²) in [4.78, 5) is 5.29. The van der Waals surface area contributed by atoms with Gasteiger partial charge in [0.2, 0.25) is 0 Å². The Labute approximate surface area is 127 Å². The zero-order chi connectivity index (χ0) is 14.8. The van der Waals surface area contributed by atoms with E-state index in [1.54, 1.807) is 6.20 Å². The molecule has 2 aromatic heterocycles. The van der Waals surface area contributed by atoms with Gasteiger partial charge in [0.15, 0.2) is 0 Å². The highest BCUT2D eigenvalue weighted by Gasteiger charge is 2.23. The molecule has 0 radical (unpaired) electrons. The lowest BCUT2D eigenvalue weighted by molar-refractivity contribution is 0.635. The van der Waals surface area contributed by atoms with E-state index in [1.165, 1.54) is 11.5 Å². The summed E-state index contributed by atoms with van der Waals surface area (Å²) in [6.45, 7) is 4.22. The number of aromatic nitrogens is 3. The maximum absolute atomic E-state index is 5.84. The van der Waals surface area contributed by atoms with Crippen molar-refractivity contribution >= 4 is 22.3 Å². The van der Waals surface area contributed by atoms with Crippen molar-refractivity contribution in [3.63, 3.8) is 0 Å². The van der Waals surface area contributed by atoms with Crippen LogP contribution in [0.3, 0.4) is 0 Å². The lowest BCUT2D eigenvalue weighted by Crippen LogP contribution is -2.29. The smallest absolute Gasteiger partial charge is 0.0844 e. The van der Waals surface area contributed by atoms with Crippen LogP contribution in [0, 0.1) is 0 Å². The van der Waals surface area contributed by atoms with Crippen molar-refractivity contribution in [3.8, 4) is 0 Å². The van der Waals surface area contributed by atoms with Crippen molar-refractivity contribution in [1.82, 2.24) is 20.0 Å². The van der Waals surface area contributed by atoms with E-state index >= 15 is 0 Å². The fourth-order valence-corrected chi connectivity index (χ4v) is 3.39. The standard InChI is InChI=1S/C15H17N5S/c1-9(2)13-15(21-20-19-13)14(18-16)11-5-3-4-10-6-7-17-8-12(10)11/h3-9,14,18H,16H2,1-2H3. The summed E-state index contributed by atoms with van der Waals surface area (Å²) >= 11 is 1.39.